The largest absolute Gasteiger partial charge is 0.468 e. The Labute approximate surface area is 115 Å². The molecular formula is C16H22N2O. The molecule has 0 saturated carbocycles. The van der Waals surface area contributed by atoms with E-state index in [0.29, 0.717) is 0 Å². The van der Waals surface area contributed by atoms with Gasteiger partial charge in [-0.1, -0.05) is 29.8 Å². The van der Waals surface area contributed by atoms with Gasteiger partial charge in [0.05, 0.1) is 12.8 Å². The summed E-state index contributed by atoms with van der Waals surface area (Å²) < 4.78 is 5.43. The first-order valence-electron chi connectivity index (χ1n) is 6.78. The second-order valence-corrected chi connectivity index (χ2v) is 4.92. The van der Waals surface area contributed by atoms with Crippen LogP contribution in [0.25, 0.3) is 0 Å². The number of aryl methyl sites for hydroxylation is 1. The molecule has 0 atom stereocenters. The first kappa shape index (κ1) is 13.8. The van der Waals surface area contributed by atoms with E-state index in [9.17, 15) is 0 Å². The Bertz CT molecular complexity index is 462. The van der Waals surface area contributed by atoms with E-state index in [0.717, 1.165) is 38.4 Å². The maximum absolute atomic E-state index is 5.61. The first-order valence-corrected chi connectivity index (χ1v) is 6.78. The van der Waals surface area contributed by atoms with Gasteiger partial charge in [0.2, 0.25) is 0 Å². The Hall–Kier alpha value is -1.58. The highest BCUT2D eigenvalue weighted by atomic mass is 16.3. The molecule has 102 valence electrons. The zero-order valence-electron chi connectivity index (χ0n) is 11.5. The lowest BCUT2D eigenvalue weighted by Crippen LogP contribution is -2.25. The Morgan fingerprint density at radius 1 is 1.11 bits per heavy atom. The van der Waals surface area contributed by atoms with Crippen LogP contribution in [0.5, 0.6) is 0 Å². The SMILES string of the molecule is Cc1ccc(CN(CCCN)Cc2ccco2)cc1. The van der Waals surface area contributed by atoms with Gasteiger partial charge in [0.15, 0.2) is 0 Å². The molecule has 3 nitrogen and oxygen atoms in total. The molecule has 0 bridgehead atoms. The molecule has 19 heavy (non-hydrogen) atoms. The van der Waals surface area contributed by atoms with Crippen LogP contribution < -0.4 is 5.73 Å². The van der Waals surface area contributed by atoms with E-state index in [1.165, 1.54) is 11.1 Å². The number of rotatable bonds is 7. The van der Waals surface area contributed by atoms with Crippen LogP contribution in [0, 0.1) is 6.92 Å². The van der Waals surface area contributed by atoms with Crippen LogP contribution in [0.15, 0.2) is 47.1 Å². The van der Waals surface area contributed by atoms with E-state index < -0.39 is 0 Å². The number of hydrogen-bond acceptors (Lipinski definition) is 3. The normalized spacial score (nSPS) is 11.1. The van der Waals surface area contributed by atoms with E-state index in [1.807, 2.05) is 12.1 Å². The smallest absolute Gasteiger partial charge is 0.117 e. The molecule has 2 rings (SSSR count). The molecule has 1 aromatic carbocycles. The molecule has 0 unspecified atom stereocenters. The monoisotopic (exact) mass is 258 g/mol. The molecule has 0 aliphatic rings. The summed E-state index contributed by atoms with van der Waals surface area (Å²) in [6.07, 6.45) is 2.73. The molecule has 1 heterocycles. The second kappa shape index (κ2) is 7.12. The molecule has 0 radical (unpaired) electrons. The Kier molecular flexibility index (Phi) is 5.19. The topological polar surface area (TPSA) is 42.4 Å². The zero-order valence-corrected chi connectivity index (χ0v) is 11.5. The third-order valence-corrected chi connectivity index (χ3v) is 3.16. The summed E-state index contributed by atoms with van der Waals surface area (Å²) in [5.74, 6) is 1.00. The average molecular weight is 258 g/mol. The van der Waals surface area contributed by atoms with Gasteiger partial charge in [0, 0.05) is 13.1 Å². The van der Waals surface area contributed by atoms with E-state index in [-0.39, 0.29) is 0 Å². The van der Waals surface area contributed by atoms with Crippen LogP contribution in [0.2, 0.25) is 0 Å². The van der Waals surface area contributed by atoms with Crippen molar-refractivity contribution < 1.29 is 4.42 Å². The molecule has 0 saturated heterocycles. The molecule has 0 amide bonds. The van der Waals surface area contributed by atoms with Crippen LogP contribution in [-0.2, 0) is 13.1 Å². The number of benzene rings is 1. The van der Waals surface area contributed by atoms with Crippen molar-refractivity contribution in [3.63, 3.8) is 0 Å². The summed E-state index contributed by atoms with van der Waals surface area (Å²) in [5, 5.41) is 0. The van der Waals surface area contributed by atoms with Gasteiger partial charge in [0.1, 0.15) is 5.76 Å². The molecule has 0 aliphatic carbocycles. The summed E-state index contributed by atoms with van der Waals surface area (Å²) in [4.78, 5) is 2.37. The predicted octanol–water partition coefficient (Wildman–Crippen LogP) is 2.94. The van der Waals surface area contributed by atoms with Crippen LogP contribution in [0.1, 0.15) is 23.3 Å². The van der Waals surface area contributed by atoms with Crippen LogP contribution in [-0.4, -0.2) is 18.0 Å². The minimum Gasteiger partial charge on any atom is -0.468 e. The highest BCUT2D eigenvalue weighted by Crippen LogP contribution is 2.11. The number of nitrogens with two attached hydrogens (primary N) is 1. The van der Waals surface area contributed by atoms with E-state index >= 15 is 0 Å². The quantitative estimate of drug-likeness (QED) is 0.830. The highest BCUT2D eigenvalue weighted by molar-refractivity contribution is 5.21. The highest BCUT2D eigenvalue weighted by Gasteiger charge is 2.08. The summed E-state index contributed by atoms with van der Waals surface area (Å²) >= 11 is 0. The zero-order chi connectivity index (χ0) is 13.5. The summed E-state index contributed by atoms with van der Waals surface area (Å²) in [7, 11) is 0. The molecule has 0 spiro atoms. The minimum absolute atomic E-state index is 0.725. The number of furan rings is 1. The van der Waals surface area contributed by atoms with Gasteiger partial charge in [-0.3, -0.25) is 4.90 Å². The van der Waals surface area contributed by atoms with Crippen LogP contribution >= 0.6 is 0 Å². The third-order valence-electron chi connectivity index (χ3n) is 3.16. The molecule has 0 aliphatic heterocycles. The maximum Gasteiger partial charge on any atom is 0.117 e. The van der Waals surface area contributed by atoms with Crippen LogP contribution in [0.4, 0.5) is 0 Å². The van der Waals surface area contributed by atoms with Crippen molar-refractivity contribution in [1.29, 1.82) is 0 Å². The van der Waals surface area contributed by atoms with Gasteiger partial charge in [-0.15, -0.1) is 0 Å². The van der Waals surface area contributed by atoms with Crippen molar-refractivity contribution in [2.45, 2.75) is 26.4 Å². The fourth-order valence-corrected chi connectivity index (χ4v) is 2.10. The molecule has 3 heteroatoms. The summed E-state index contributed by atoms with van der Waals surface area (Å²) in [6.45, 7) is 5.59. The molecule has 2 aromatic rings. The first-order chi connectivity index (χ1) is 9.28. The lowest BCUT2D eigenvalue weighted by atomic mass is 10.1. The van der Waals surface area contributed by atoms with Gasteiger partial charge in [-0.25, -0.2) is 0 Å². The van der Waals surface area contributed by atoms with Gasteiger partial charge in [-0.05, 0) is 37.6 Å². The average Bonchev–Trinajstić information content (AvgIpc) is 2.91. The van der Waals surface area contributed by atoms with Gasteiger partial charge in [0.25, 0.3) is 0 Å². The molecule has 2 N–H and O–H groups in total. The van der Waals surface area contributed by atoms with E-state index in [4.69, 9.17) is 10.2 Å². The van der Waals surface area contributed by atoms with Crippen molar-refractivity contribution in [2.24, 2.45) is 5.73 Å². The molecule has 1 aromatic heterocycles. The number of nitrogens with zero attached hydrogens (tertiary/aromatic N) is 1. The number of hydrogen-bond donors (Lipinski definition) is 1. The van der Waals surface area contributed by atoms with Gasteiger partial charge < -0.3 is 10.2 Å². The molecular weight excluding hydrogens is 236 g/mol. The fourth-order valence-electron chi connectivity index (χ4n) is 2.10. The minimum atomic E-state index is 0.725. The lowest BCUT2D eigenvalue weighted by molar-refractivity contribution is 0.234. The summed E-state index contributed by atoms with van der Waals surface area (Å²) in [6, 6.07) is 12.6. The van der Waals surface area contributed by atoms with E-state index in [1.54, 1.807) is 6.26 Å². The third kappa shape index (κ3) is 4.54. The van der Waals surface area contributed by atoms with Crippen molar-refractivity contribution >= 4 is 0 Å². The van der Waals surface area contributed by atoms with Crippen molar-refractivity contribution in [3.05, 3.63) is 59.5 Å². The maximum atomic E-state index is 5.61. The van der Waals surface area contributed by atoms with E-state index in [2.05, 4.69) is 36.1 Å². The van der Waals surface area contributed by atoms with Crippen molar-refractivity contribution in [1.82, 2.24) is 4.90 Å². The molecule has 0 fully saturated rings. The standard InChI is InChI=1S/C16H22N2O/c1-14-5-7-15(8-6-14)12-18(10-3-9-17)13-16-4-2-11-19-16/h2,4-8,11H,3,9-10,12-13,17H2,1H3. The van der Waals surface area contributed by atoms with Crippen molar-refractivity contribution in [3.8, 4) is 0 Å². The fraction of sp³-hybridized carbons (Fsp3) is 0.375. The Morgan fingerprint density at radius 3 is 2.53 bits per heavy atom. The van der Waals surface area contributed by atoms with Crippen LogP contribution in [0.3, 0.4) is 0 Å². The second-order valence-electron chi connectivity index (χ2n) is 4.92. The van der Waals surface area contributed by atoms with Gasteiger partial charge >= 0.3 is 0 Å². The summed E-state index contributed by atoms with van der Waals surface area (Å²) in [5.41, 5.74) is 8.24. The lowest BCUT2D eigenvalue weighted by Gasteiger charge is -2.21. The van der Waals surface area contributed by atoms with Crippen molar-refractivity contribution in [2.75, 3.05) is 13.1 Å². The Morgan fingerprint density at radius 2 is 1.89 bits per heavy atom. The van der Waals surface area contributed by atoms with Gasteiger partial charge in [-0.2, -0.15) is 0 Å². The Balaban J connectivity index is 1.98. The predicted molar refractivity (Wildman–Crippen MR) is 77.7 cm³/mol.